The number of ether oxygens (including phenoxy) is 2. The number of benzene rings is 2. The van der Waals surface area contributed by atoms with Gasteiger partial charge in [0.15, 0.2) is 6.23 Å². The van der Waals surface area contributed by atoms with E-state index in [1.54, 1.807) is 11.8 Å². The normalized spacial score (nSPS) is 17.6. The second-order valence-electron chi connectivity index (χ2n) is 7.91. The van der Waals surface area contributed by atoms with Crippen LogP contribution in [0, 0.1) is 5.92 Å². The molecule has 0 bridgehead atoms. The van der Waals surface area contributed by atoms with E-state index in [1.165, 1.54) is 6.92 Å². The third kappa shape index (κ3) is 7.89. The first-order valence-electron chi connectivity index (χ1n) is 10.5. The van der Waals surface area contributed by atoms with Gasteiger partial charge < -0.3 is 9.47 Å². The molecular formula is C25H31NO5. The Morgan fingerprint density at radius 1 is 1.00 bits per heavy atom. The summed E-state index contributed by atoms with van der Waals surface area (Å²) >= 11 is 0. The molecule has 0 saturated carbocycles. The van der Waals surface area contributed by atoms with E-state index in [-0.39, 0.29) is 23.8 Å². The zero-order valence-corrected chi connectivity index (χ0v) is 18.6. The number of cyclic esters (lactones) is 1. The van der Waals surface area contributed by atoms with Gasteiger partial charge in [0.25, 0.3) is 0 Å². The molecule has 2 aromatic rings. The van der Waals surface area contributed by atoms with E-state index < -0.39 is 12.3 Å². The predicted molar refractivity (Wildman–Crippen MR) is 118 cm³/mol. The summed E-state index contributed by atoms with van der Waals surface area (Å²) in [6.45, 7) is 7.52. The maximum atomic E-state index is 12.3. The smallest absolute Gasteiger partial charge is 0.331 e. The Morgan fingerprint density at radius 3 is 2.06 bits per heavy atom. The van der Waals surface area contributed by atoms with Crippen LogP contribution in [0.25, 0.3) is 0 Å². The molecule has 1 heterocycles. The third-order valence-corrected chi connectivity index (χ3v) is 4.71. The highest BCUT2D eigenvalue weighted by Gasteiger charge is 2.42. The van der Waals surface area contributed by atoms with Gasteiger partial charge in [-0.3, -0.25) is 14.5 Å². The van der Waals surface area contributed by atoms with E-state index in [9.17, 15) is 14.4 Å². The summed E-state index contributed by atoms with van der Waals surface area (Å²) in [6, 6.07) is 18.8. The Bertz CT molecular complexity index is 851. The van der Waals surface area contributed by atoms with Crippen molar-refractivity contribution in [3.05, 3.63) is 71.8 Å². The number of esters is 2. The minimum Gasteiger partial charge on any atom is -0.461 e. The minimum absolute atomic E-state index is 0.0146. The fourth-order valence-corrected chi connectivity index (χ4v) is 3.28. The molecule has 1 amide bonds. The van der Waals surface area contributed by atoms with Gasteiger partial charge in [0.1, 0.15) is 12.6 Å². The van der Waals surface area contributed by atoms with Crippen molar-refractivity contribution in [1.29, 1.82) is 0 Å². The van der Waals surface area contributed by atoms with Gasteiger partial charge in [-0.15, -0.1) is 0 Å². The minimum atomic E-state index is -0.501. The molecule has 166 valence electrons. The van der Waals surface area contributed by atoms with Gasteiger partial charge >= 0.3 is 11.9 Å². The lowest BCUT2D eigenvalue weighted by Gasteiger charge is -2.25. The maximum absolute atomic E-state index is 12.3. The summed E-state index contributed by atoms with van der Waals surface area (Å²) in [6.07, 6.45) is 0.475. The first-order valence-corrected chi connectivity index (χ1v) is 10.5. The Balaban J connectivity index is 0.000000262. The third-order valence-electron chi connectivity index (χ3n) is 4.71. The molecule has 0 aliphatic carbocycles. The molecule has 1 saturated heterocycles. The zero-order valence-electron chi connectivity index (χ0n) is 18.6. The van der Waals surface area contributed by atoms with Crippen LogP contribution in [0.4, 0.5) is 0 Å². The van der Waals surface area contributed by atoms with Gasteiger partial charge in [0.05, 0.1) is 0 Å². The van der Waals surface area contributed by atoms with Gasteiger partial charge in [0.2, 0.25) is 5.91 Å². The summed E-state index contributed by atoms with van der Waals surface area (Å²) in [7, 11) is 0. The van der Waals surface area contributed by atoms with Gasteiger partial charge in [-0.05, 0) is 24.0 Å². The molecular weight excluding hydrogens is 394 g/mol. The van der Waals surface area contributed by atoms with Crippen LogP contribution in [-0.4, -0.2) is 35.0 Å². The summed E-state index contributed by atoms with van der Waals surface area (Å²) in [5, 5.41) is 0. The van der Waals surface area contributed by atoms with E-state index in [1.807, 2.05) is 74.5 Å². The van der Waals surface area contributed by atoms with E-state index in [4.69, 9.17) is 9.47 Å². The van der Waals surface area contributed by atoms with Crippen molar-refractivity contribution < 1.29 is 23.9 Å². The van der Waals surface area contributed by atoms with Gasteiger partial charge in [-0.2, -0.15) is 0 Å². The highest BCUT2D eigenvalue weighted by molar-refractivity contribution is 5.87. The van der Waals surface area contributed by atoms with Crippen molar-refractivity contribution in [3.8, 4) is 0 Å². The molecule has 0 unspecified atom stereocenters. The van der Waals surface area contributed by atoms with E-state index in [0.29, 0.717) is 19.4 Å². The van der Waals surface area contributed by atoms with Crippen LogP contribution in [0.5, 0.6) is 0 Å². The average Bonchev–Trinajstić information content (AvgIpc) is 3.01. The van der Waals surface area contributed by atoms with E-state index in [0.717, 1.165) is 11.1 Å². The van der Waals surface area contributed by atoms with Crippen molar-refractivity contribution in [2.75, 3.05) is 0 Å². The Morgan fingerprint density at radius 2 is 1.55 bits per heavy atom. The molecule has 0 spiro atoms. The second kappa shape index (κ2) is 11.9. The second-order valence-corrected chi connectivity index (χ2v) is 7.91. The highest BCUT2D eigenvalue weighted by Crippen LogP contribution is 2.23. The monoisotopic (exact) mass is 425 g/mol. The number of hydrogen-bond donors (Lipinski definition) is 0. The number of carbonyl (C=O) groups excluding carboxylic acids is 3. The summed E-state index contributed by atoms with van der Waals surface area (Å²) < 4.78 is 10.0. The maximum Gasteiger partial charge on any atom is 0.331 e. The van der Waals surface area contributed by atoms with Crippen LogP contribution in [0.3, 0.4) is 0 Å². The molecule has 6 heteroatoms. The van der Waals surface area contributed by atoms with Gasteiger partial charge in [-0.25, -0.2) is 4.79 Å². The van der Waals surface area contributed by atoms with E-state index in [2.05, 4.69) is 0 Å². The SMILES string of the molecule is CC(=O)OCc1ccccc1.CC(C)CC(=O)N1[C@H](C)OC(=O)[C@@H]1Cc1ccccc1. The number of carbonyl (C=O) groups is 3. The average molecular weight is 426 g/mol. The van der Waals surface area contributed by atoms with Crippen molar-refractivity contribution in [2.24, 2.45) is 5.92 Å². The summed E-state index contributed by atoms with van der Waals surface area (Å²) in [4.78, 5) is 36.3. The number of nitrogens with zero attached hydrogens (tertiary/aromatic N) is 1. The van der Waals surface area contributed by atoms with Crippen LogP contribution < -0.4 is 0 Å². The summed E-state index contributed by atoms with van der Waals surface area (Å²) in [5.41, 5.74) is 2.05. The lowest BCUT2D eigenvalue weighted by molar-refractivity contribution is -0.143. The standard InChI is InChI=1S/C16H21NO3.C9H10O2/c1-11(2)9-15(18)17-12(3)20-16(19)14(17)10-13-7-5-4-6-8-13;1-8(10)11-7-9-5-3-2-4-6-9/h4-8,11-12,14H,9-10H2,1-3H3;2-6H,7H2,1H3/t12-,14-;/m0./s1. The van der Waals surface area contributed by atoms with Crippen LogP contribution in [-0.2, 0) is 36.9 Å². The van der Waals surface area contributed by atoms with E-state index >= 15 is 0 Å². The fraction of sp³-hybridized carbons (Fsp3) is 0.400. The molecule has 1 aliphatic heterocycles. The number of amides is 1. The lowest BCUT2D eigenvalue weighted by Crippen LogP contribution is -2.43. The molecule has 0 aromatic heterocycles. The van der Waals surface area contributed by atoms with Crippen molar-refractivity contribution in [1.82, 2.24) is 4.90 Å². The highest BCUT2D eigenvalue weighted by atomic mass is 16.6. The Kier molecular flexibility index (Phi) is 9.25. The van der Waals surface area contributed by atoms with Gasteiger partial charge in [0, 0.05) is 19.8 Å². The molecule has 3 rings (SSSR count). The van der Waals surface area contributed by atoms with Crippen LogP contribution in [0.15, 0.2) is 60.7 Å². The Hall–Kier alpha value is -3.15. The van der Waals surface area contributed by atoms with Crippen molar-refractivity contribution in [3.63, 3.8) is 0 Å². The molecule has 0 radical (unpaired) electrons. The van der Waals surface area contributed by atoms with Crippen LogP contribution in [0.1, 0.15) is 45.2 Å². The quantitative estimate of drug-likeness (QED) is 0.651. The van der Waals surface area contributed by atoms with Crippen molar-refractivity contribution >= 4 is 17.8 Å². The first kappa shape index (κ1) is 24.1. The molecule has 0 N–H and O–H groups in total. The number of rotatable bonds is 6. The molecule has 1 fully saturated rings. The zero-order chi connectivity index (χ0) is 22.8. The topological polar surface area (TPSA) is 72.9 Å². The first-order chi connectivity index (χ1) is 14.8. The van der Waals surface area contributed by atoms with Crippen LogP contribution in [0.2, 0.25) is 0 Å². The predicted octanol–water partition coefficient (Wildman–Crippen LogP) is 4.12. The molecule has 2 aromatic carbocycles. The molecule has 1 aliphatic rings. The van der Waals surface area contributed by atoms with Crippen LogP contribution >= 0.6 is 0 Å². The van der Waals surface area contributed by atoms with Crippen molar-refractivity contribution in [2.45, 2.75) is 59.4 Å². The molecule has 31 heavy (non-hydrogen) atoms. The number of hydrogen-bond acceptors (Lipinski definition) is 5. The largest absolute Gasteiger partial charge is 0.461 e. The lowest BCUT2D eigenvalue weighted by atomic mass is 10.0. The summed E-state index contributed by atoms with van der Waals surface area (Å²) in [5.74, 6) is -0.297. The van der Waals surface area contributed by atoms with Gasteiger partial charge in [-0.1, -0.05) is 74.5 Å². The molecule has 6 nitrogen and oxygen atoms in total. The Labute approximate surface area is 184 Å². The fourth-order valence-electron chi connectivity index (χ4n) is 3.28. The molecule has 2 atom stereocenters.